The van der Waals surface area contributed by atoms with Crippen LogP contribution < -0.4 is 10.5 Å². The summed E-state index contributed by atoms with van der Waals surface area (Å²) in [6.07, 6.45) is 2.92. The van der Waals surface area contributed by atoms with Crippen LogP contribution in [0.1, 0.15) is 0 Å². The summed E-state index contributed by atoms with van der Waals surface area (Å²) in [6.45, 7) is 0. The number of hydrogen-bond acceptors (Lipinski definition) is 4. The van der Waals surface area contributed by atoms with E-state index in [1.165, 1.54) is 24.5 Å². The predicted molar refractivity (Wildman–Crippen MR) is 65.3 cm³/mol. The molecule has 4 N–H and O–H groups in total. The number of sulfonamides is 1. The summed E-state index contributed by atoms with van der Waals surface area (Å²) in [7, 11) is -3.85. The molecule has 0 aliphatic carbocycles. The fourth-order valence-corrected chi connectivity index (χ4v) is 2.97. The molecule has 0 radical (unpaired) electrons. The van der Waals surface area contributed by atoms with E-state index in [9.17, 15) is 8.42 Å². The van der Waals surface area contributed by atoms with Crippen molar-refractivity contribution in [3.05, 3.63) is 35.6 Å². The maximum absolute atomic E-state index is 12.0. The average Bonchev–Trinajstić information content (AvgIpc) is 2.68. The van der Waals surface area contributed by atoms with Crippen molar-refractivity contribution in [1.82, 2.24) is 9.97 Å². The summed E-state index contributed by atoms with van der Waals surface area (Å²) in [5, 5.41) is 0.0593. The first-order chi connectivity index (χ1) is 8.00. The maximum atomic E-state index is 12.0. The number of nitrogens with zero attached hydrogens (tertiary/aromatic N) is 1. The smallest absolute Gasteiger partial charge is 0.267 e. The monoisotopic (exact) mass is 272 g/mol. The number of hydrogen-bond donors (Lipinski definition) is 3. The van der Waals surface area contributed by atoms with Gasteiger partial charge in [0.1, 0.15) is 4.90 Å². The topological polar surface area (TPSA) is 101 Å². The van der Waals surface area contributed by atoms with Gasteiger partial charge >= 0.3 is 0 Å². The molecule has 0 aliphatic rings. The third kappa shape index (κ3) is 2.34. The Bertz CT molecular complexity index is 604. The third-order valence-electron chi connectivity index (χ3n) is 2.00. The molecule has 1 aromatic heterocycles. The Labute approximate surface area is 103 Å². The number of rotatable bonds is 3. The molecule has 1 heterocycles. The molecule has 90 valence electrons. The van der Waals surface area contributed by atoms with Crippen molar-refractivity contribution in [3.63, 3.8) is 0 Å². The Kier molecular flexibility index (Phi) is 2.95. The van der Waals surface area contributed by atoms with Gasteiger partial charge in [-0.25, -0.2) is 18.1 Å². The fraction of sp³-hybridized carbons (Fsp3) is 0. The Morgan fingerprint density at radius 1 is 1.41 bits per heavy atom. The molecule has 2 rings (SSSR count). The van der Waals surface area contributed by atoms with Crippen LogP contribution in [-0.4, -0.2) is 18.4 Å². The van der Waals surface area contributed by atoms with E-state index in [4.69, 9.17) is 17.3 Å². The molecule has 0 amide bonds. The van der Waals surface area contributed by atoms with Crippen molar-refractivity contribution in [3.8, 4) is 0 Å². The molecule has 0 saturated heterocycles. The lowest BCUT2D eigenvalue weighted by Gasteiger charge is -2.09. The lowest BCUT2D eigenvalue weighted by Crippen LogP contribution is -2.16. The number of nitrogens with one attached hydrogen (secondary N) is 2. The number of nitrogens with two attached hydrogens (primary N) is 1. The maximum Gasteiger partial charge on any atom is 0.267 e. The summed E-state index contributed by atoms with van der Waals surface area (Å²) in [4.78, 5) is 6.22. The molecule has 8 heteroatoms. The van der Waals surface area contributed by atoms with Crippen molar-refractivity contribution >= 4 is 33.3 Å². The second-order valence-electron chi connectivity index (χ2n) is 3.20. The van der Waals surface area contributed by atoms with Gasteiger partial charge in [-0.2, -0.15) is 0 Å². The zero-order valence-electron chi connectivity index (χ0n) is 8.51. The van der Waals surface area contributed by atoms with Gasteiger partial charge in [-0.15, -0.1) is 0 Å². The van der Waals surface area contributed by atoms with Gasteiger partial charge in [0.25, 0.3) is 10.0 Å². The summed E-state index contributed by atoms with van der Waals surface area (Å²) in [5.74, 6) is 0.101. The zero-order chi connectivity index (χ0) is 12.5. The number of halogens is 1. The third-order valence-corrected chi connectivity index (χ3v) is 3.88. The van der Waals surface area contributed by atoms with Gasteiger partial charge in [0.05, 0.1) is 10.7 Å². The second-order valence-corrected chi connectivity index (χ2v) is 5.23. The number of imidazole rings is 1. The summed E-state index contributed by atoms with van der Waals surface area (Å²) in [5.41, 5.74) is 5.68. The molecule has 0 bridgehead atoms. The number of anilines is 2. The highest BCUT2D eigenvalue weighted by molar-refractivity contribution is 7.93. The van der Waals surface area contributed by atoms with Crippen LogP contribution in [0.2, 0.25) is 5.02 Å². The highest BCUT2D eigenvalue weighted by Gasteiger charge is 2.21. The van der Waals surface area contributed by atoms with Crippen LogP contribution in [0, 0.1) is 0 Å². The number of aromatic amines is 1. The molecule has 0 atom stereocenters. The minimum absolute atomic E-state index is 0.0593. The lowest BCUT2D eigenvalue weighted by atomic mass is 10.3. The minimum atomic E-state index is -3.85. The standard InChI is InChI=1S/C9H9ClN4O2S/c10-6-2-1-3-7(11)8(6)17(15,16)14-9-12-4-5-13-9/h1-5H,11H2,(H2,12,13,14). The van der Waals surface area contributed by atoms with Crippen LogP contribution in [0.5, 0.6) is 0 Å². The first kappa shape index (κ1) is 11.7. The van der Waals surface area contributed by atoms with Gasteiger partial charge in [-0.05, 0) is 12.1 Å². The molecule has 0 aliphatic heterocycles. The Hall–Kier alpha value is -1.73. The van der Waals surface area contributed by atoms with Crippen LogP contribution in [-0.2, 0) is 10.0 Å². The molecule has 17 heavy (non-hydrogen) atoms. The van der Waals surface area contributed by atoms with Gasteiger partial charge in [0.2, 0.25) is 5.95 Å². The van der Waals surface area contributed by atoms with E-state index >= 15 is 0 Å². The summed E-state index contributed by atoms with van der Waals surface area (Å²) >= 11 is 5.82. The SMILES string of the molecule is Nc1cccc(Cl)c1S(=O)(=O)Nc1ncc[nH]1. The number of benzene rings is 1. The van der Waals surface area contributed by atoms with Crippen molar-refractivity contribution < 1.29 is 8.42 Å². The van der Waals surface area contributed by atoms with Crippen molar-refractivity contribution in [2.24, 2.45) is 0 Å². The number of nitrogen functional groups attached to an aromatic ring is 1. The predicted octanol–water partition coefficient (Wildman–Crippen LogP) is 1.45. The van der Waals surface area contributed by atoms with E-state index in [2.05, 4.69) is 14.7 Å². The molecule has 2 aromatic rings. The molecule has 6 nitrogen and oxygen atoms in total. The van der Waals surface area contributed by atoms with Gasteiger partial charge < -0.3 is 10.7 Å². The molecule has 0 unspecified atom stereocenters. The van der Waals surface area contributed by atoms with Crippen molar-refractivity contribution in [1.29, 1.82) is 0 Å². The van der Waals surface area contributed by atoms with E-state index in [0.717, 1.165) is 0 Å². The zero-order valence-corrected chi connectivity index (χ0v) is 10.1. The van der Waals surface area contributed by atoms with E-state index < -0.39 is 10.0 Å². The van der Waals surface area contributed by atoms with Crippen LogP contribution in [0.4, 0.5) is 11.6 Å². The number of aromatic nitrogens is 2. The van der Waals surface area contributed by atoms with Crippen molar-refractivity contribution in [2.45, 2.75) is 4.90 Å². The van der Waals surface area contributed by atoms with Crippen LogP contribution in [0.25, 0.3) is 0 Å². The lowest BCUT2D eigenvalue weighted by molar-refractivity contribution is 0.601. The Morgan fingerprint density at radius 3 is 2.76 bits per heavy atom. The normalized spacial score (nSPS) is 11.4. The molecular weight excluding hydrogens is 264 g/mol. The minimum Gasteiger partial charge on any atom is -0.398 e. The van der Waals surface area contributed by atoms with E-state index in [1.54, 1.807) is 6.07 Å². The van der Waals surface area contributed by atoms with E-state index in [-0.39, 0.29) is 21.6 Å². The highest BCUT2D eigenvalue weighted by atomic mass is 35.5. The quantitative estimate of drug-likeness (QED) is 0.736. The Balaban J connectivity index is 2.45. The van der Waals surface area contributed by atoms with Crippen LogP contribution in [0.3, 0.4) is 0 Å². The Morgan fingerprint density at radius 2 is 2.18 bits per heavy atom. The van der Waals surface area contributed by atoms with Crippen molar-refractivity contribution in [2.75, 3.05) is 10.5 Å². The van der Waals surface area contributed by atoms with Gasteiger partial charge in [0.15, 0.2) is 0 Å². The fourth-order valence-electron chi connectivity index (χ4n) is 1.31. The molecular formula is C9H9ClN4O2S. The first-order valence-electron chi connectivity index (χ1n) is 4.57. The first-order valence-corrected chi connectivity index (χ1v) is 6.43. The summed E-state index contributed by atoms with van der Waals surface area (Å²) in [6, 6.07) is 4.49. The van der Waals surface area contributed by atoms with Crippen LogP contribution >= 0.6 is 11.6 Å². The van der Waals surface area contributed by atoms with Gasteiger partial charge in [-0.1, -0.05) is 17.7 Å². The van der Waals surface area contributed by atoms with Gasteiger partial charge in [-0.3, -0.25) is 0 Å². The number of H-pyrrole nitrogens is 1. The van der Waals surface area contributed by atoms with E-state index in [1.807, 2.05) is 0 Å². The van der Waals surface area contributed by atoms with Crippen LogP contribution in [0.15, 0.2) is 35.5 Å². The molecule has 1 aromatic carbocycles. The van der Waals surface area contributed by atoms with E-state index in [0.29, 0.717) is 0 Å². The second kappa shape index (κ2) is 4.27. The highest BCUT2D eigenvalue weighted by Crippen LogP contribution is 2.28. The molecule has 0 spiro atoms. The largest absolute Gasteiger partial charge is 0.398 e. The molecule has 0 fully saturated rings. The molecule has 0 saturated carbocycles. The average molecular weight is 273 g/mol. The van der Waals surface area contributed by atoms with Gasteiger partial charge in [0, 0.05) is 12.4 Å². The summed E-state index contributed by atoms with van der Waals surface area (Å²) < 4.78 is 26.2.